The first-order chi connectivity index (χ1) is 14.9. The maximum absolute atomic E-state index is 12.8. The molecule has 1 aliphatic rings. The van der Waals surface area contributed by atoms with E-state index in [1.807, 2.05) is 0 Å². The number of hydrogen-bond donors (Lipinski definition) is 2. The number of benzene rings is 1. The second kappa shape index (κ2) is 10.3. The number of carbonyl (C=O) groups is 4. The molecule has 15 heteroatoms. The Morgan fingerprint density at radius 1 is 1.34 bits per heavy atom. The fourth-order valence-electron chi connectivity index (χ4n) is 2.49. The fourth-order valence-corrected chi connectivity index (χ4v) is 3.24. The molecule has 1 saturated heterocycles. The fraction of sp³-hybridized carbons (Fsp3) is 0.412. The van der Waals surface area contributed by atoms with E-state index >= 15 is 0 Å². The molecule has 2 rings (SSSR count). The lowest BCUT2D eigenvalue weighted by Crippen LogP contribution is -2.39. The molecule has 1 heterocycles. The van der Waals surface area contributed by atoms with E-state index in [1.54, 1.807) is 0 Å². The number of nitrogens with zero attached hydrogens (tertiary/aromatic N) is 2. The lowest BCUT2D eigenvalue weighted by Gasteiger charge is -2.16. The summed E-state index contributed by atoms with van der Waals surface area (Å²) in [7, 11) is 0. The number of thioether (sulfide) groups is 1. The average Bonchev–Trinajstić information content (AvgIpc) is 3.03. The smallest absolute Gasteiger partial charge is 0.416 e. The Bertz CT molecular complexity index is 925. The molecule has 1 atom stereocenters. The van der Waals surface area contributed by atoms with Crippen LogP contribution in [0.15, 0.2) is 18.2 Å². The first kappa shape index (κ1) is 24.9. The number of hydrogen-bond acceptors (Lipinski definition) is 9. The van der Waals surface area contributed by atoms with Crippen LogP contribution in [0.3, 0.4) is 0 Å². The molecule has 0 saturated carbocycles. The van der Waals surface area contributed by atoms with Gasteiger partial charge in [0.1, 0.15) is 11.7 Å². The minimum atomic E-state index is -4.78. The number of esters is 1. The molecule has 0 aromatic heterocycles. The molecule has 0 aliphatic carbocycles. The van der Waals surface area contributed by atoms with Crippen molar-refractivity contribution in [3.63, 3.8) is 0 Å². The van der Waals surface area contributed by atoms with Gasteiger partial charge in [0.2, 0.25) is 5.91 Å². The molecule has 1 unspecified atom stereocenters. The zero-order valence-electron chi connectivity index (χ0n) is 16.4. The summed E-state index contributed by atoms with van der Waals surface area (Å²) in [6, 6.07) is 0.545. The molecule has 0 radical (unpaired) electrons. The van der Waals surface area contributed by atoms with Crippen LogP contribution >= 0.6 is 11.8 Å². The Morgan fingerprint density at radius 2 is 2.03 bits per heavy atom. The molecule has 0 bridgehead atoms. The van der Waals surface area contributed by atoms with Gasteiger partial charge in [-0.3, -0.25) is 29.4 Å². The Morgan fingerprint density at radius 3 is 2.59 bits per heavy atom. The van der Waals surface area contributed by atoms with Crippen molar-refractivity contribution in [2.24, 2.45) is 0 Å². The van der Waals surface area contributed by atoms with Crippen LogP contribution in [0.4, 0.5) is 29.3 Å². The van der Waals surface area contributed by atoms with Crippen LogP contribution in [-0.4, -0.2) is 64.3 Å². The van der Waals surface area contributed by atoms with Gasteiger partial charge in [-0.05, 0) is 19.1 Å². The maximum Gasteiger partial charge on any atom is 0.416 e. The minimum absolute atomic E-state index is 0.0341. The quantitative estimate of drug-likeness (QED) is 0.308. The summed E-state index contributed by atoms with van der Waals surface area (Å²) in [5.41, 5.74) is -2.45. The molecule has 1 aromatic carbocycles. The van der Waals surface area contributed by atoms with Gasteiger partial charge in [-0.1, -0.05) is 11.8 Å². The summed E-state index contributed by atoms with van der Waals surface area (Å²) < 4.78 is 43.0. The summed E-state index contributed by atoms with van der Waals surface area (Å²) in [6.45, 7) is 0.431. The molecule has 2 N–H and O–H groups in total. The van der Waals surface area contributed by atoms with Crippen molar-refractivity contribution in [1.82, 2.24) is 10.2 Å². The van der Waals surface area contributed by atoms with E-state index in [0.29, 0.717) is 12.1 Å². The van der Waals surface area contributed by atoms with E-state index in [0.717, 1.165) is 22.7 Å². The first-order valence-electron chi connectivity index (χ1n) is 8.92. The van der Waals surface area contributed by atoms with Gasteiger partial charge in [0.25, 0.3) is 16.8 Å². The summed E-state index contributed by atoms with van der Waals surface area (Å²) in [4.78, 5) is 57.6. The van der Waals surface area contributed by atoms with Crippen molar-refractivity contribution in [3.8, 4) is 0 Å². The van der Waals surface area contributed by atoms with Crippen molar-refractivity contribution in [2.75, 3.05) is 30.8 Å². The van der Waals surface area contributed by atoms with Gasteiger partial charge in [-0.15, -0.1) is 0 Å². The van der Waals surface area contributed by atoms with Gasteiger partial charge in [0.05, 0.1) is 16.2 Å². The van der Waals surface area contributed by atoms with Crippen LogP contribution in [0, 0.1) is 10.1 Å². The molecule has 1 fully saturated rings. The molecule has 32 heavy (non-hydrogen) atoms. The van der Waals surface area contributed by atoms with Gasteiger partial charge in [-0.25, -0.2) is 4.79 Å². The molecule has 1 aliphatic heterocycles. The molecular formula is C17H17F3N4O7S. The zero-order valence-corrected chi connectivity index (χ0v) is 17.2. The van der Waals surface area contributed by atoms with Crippen molar-refractivity contribution >= 4 is 46.2 Å². The van der Waals surface area contributed by atoms with Crippen LogP contribution < -0.4 is 10.6 Å². The lowest BCUT2D eigenvalue weighted by molar-refractivity contribution is -0.384. The predicted molar refractivity (Wildman–Crippen MR) is 105 cm³/mol. The SMILES string of the molecule is CC(Nc1ccc(C(F)(F)F)cc1[N+](=O)[O-])C(=O)OCC(=O)NCCN1C(=O)CSC1=O. The summed E-state index contributed by atoms with van der Waals surface area (Å²) in [5.74, 6) is -2.06. The monoisotopic (exact) mass is 478 g/mol. The third kappa shape index (κ3) is 6.57. The number of nitro groups is 1. The number of halogens is 3. The average molecular weight is 478 g/mol. The largest absolute Gasteiger partial charge is 0.454 e. The highest BCUT2D eigenvalue weighted by Crippen LogP contribution is 2.35. The lowest BCUT2D eigenvalue weighted by atomic mass is 10.1. The molecular weight excluding hydrogens is 461 g/mol. The van der Waals surface area contributed by atoms with E-state index in [9.17, 15) is 42.5 Å². The van der Waals surface area contributed by atoms with Crippen molar-refractivity contribution in [2.45, 2.75) is 19.1 Å². The highest BCUT2D eigenvalue weighted by atomic mass is 32.2. The number of alkyl halides is 3. The number of imide groups is 1. The topological polar surface area (TPSA) is 148 Å². The zero-order chi connectivity index (χ0) is 24.1. The number of amides is 3. The van der Waals surface area contributed by atoms with E-state index in [1.165, 1.54) is 6.92 Å². The summed E-state index contributed by atoms with van der Waals surface area (Å²) >= 11 is 0.846. The molecule has 11 nitrogen and oxygen atoms in total. The van der Waals surface area contributed by atoms with Gasteiger partial charge in [0.15, 0.2) is 6.61 Å². The molecule has 1 aromatic rings. The third-order valence-corrected chi connectivity index (χ3v) is 4.95. The minimum Gasteiger partial charge on any atom is -0.454 e. The van der Waals surface area contributed by atoms with Crippen molar-refractivity contribution in [3.05, 3.63) is 33.9 Å². The number of anilines is 1. The molecule has 174 valence electrons. The van der Waals surface area contributed by atoms with Crippen molar-refractivity contribution in [1.29, 1.82) is 0 Å². The number of carbonyl (C=O) groups excluding carboxylic acids is 4. The number of ether oxygens (including phenoxy) is 1. The molecule has 0 spiro atoms. The second-order valence-electron chi connectivity index (χ2n) is 6.41. The van der Waals surface area contributed by atoms with E-state index < -0.39 is 52.1 Å². The summed E-state index contributed by atoms with van der Waals surface area (Å²) in [6.07, 6.45) is -4.78. The number of nitrogens with one attached hydrogen (secondary N) is 2. The van der Waals surface area contributed by atoms with Gasteiger partial charge >= 0.3 is 12.1 Å². The number of rotatable bonds is 9. The van der Waals surface area contributed by atoms with E-state index in [-0.39, 0.29) is 30.4 Å². The first-order valence-corrected chi connectivity index (χ1v) is 9.91. The van der Waals surface area contributed by atoms with Crippen molar-refractivity contribution < 1.29 is 42.0 Å². The number of nitro benzene ring substituents is 1. The Labute approximate surface area is 182 Å². The Kier molecular flexibility index (Phi) is 8.02. The van der Waals surface area contributed by atoms with Crippen LogP contribution in [0.25, 0.3) is 0 Å². The predicted octanol–water partition coefficient (Wildman–Crippen LogP) is 1.77. The van der Waals surface area contributed by atoms with Crippen LogP contribution in [0.5, 0.6) is 0 Å². The van der Waals surface area contributed by atoms with Gasteiger partial charge < -0.3 is 15.4 Å². The maximum atomic E-state index is 12.8. The van der Waals surface area contributed by atoms with Crippen LogP contribution in [-0.2, 0) is 25.3 Å². The Hall–Kier alpha value is -3.36. The normalized spacial score (nSPS) is 14.8. The van der Waals surface area contributed by atoms with E-state index in [2.05, 4.69) is 10.6 Å². The summed E-state index contributed by atoms with van der Waals surface area (Å²) in [5, 5.41) is 15.4. The van der Waals surface area contributed by atoms with Gasteiger partial charge in [0, 0.05) is 19.2 Å². The van der Waals surface area contributed by atoms with Crippen LogP contribution in [0.1, 0.15) is 12.5 Å². The standard InChI is InChI=1S/C17H17F3N4O7S/c1-9(22-11-3-2-10(17(18,19)20)6-12(11)24(29)30)15(27)31-7-13(25)21-4-5-23-14(26)8-32-16(23)28/h2-3,6,9,22H,4-5,7-8H2,1H3,(H,21,25). The highest BCUT2D eigenvalue weighted by molar-refractivity contribution is 8.14. The van der Waals surface area contributed by atoms with Gasteiger partial charge in [-0.2, -0.15) is 13.2 Å². The second-order valence-corrected chi connectivity index (χ2v) is 7.34. The third-order valence-electron chi connectivity index (χ3n) is 4.09. The van der Waals surface area contributed by atoms with E-state index in [4.69, 9.17) is 4.74 Å². The molecule has 3 amide bonds. The van der Waals surface area contributed by atoms with Crippen LogP contribution in [0.2, 0.25) is 0 Å². The Balaban J connectivity index is 1.85. The highest BCUT2D eigenvalue weighted by Gasteiger charge is 2.33.